The van der Waals surface area contributed by atoms with Crippen molar-refractivity contribution in [3.05, 3.63) is 0 Å². The Labute approximate surface area is 127 Å². The molecule has 0 heterocycles. The molecule has 0 fully saturated rings. The number of hydrogen-bond donors (Lipinski definition) is 0. The molecule has 2 unspecified atom stereocenters. The van der Waals surface area contributed by atoms with E-state index in [9.17, 15) is 0 Å². The number of rotatable bonds is 11. The van der Waals surface area contributed by atoms with Crippen LogP contribution >= 0.6 is 0 Å². The Morgan fingerprint density at radius 3 is 1.20 bits per heavy atom. The molecule has 2 heteroatoms. The Kier molecular flexibility index (Phi) is 9.01. The Hall–Kier alpha value is -0.0800. The van der Waals surface area contributed by atoms with Crippen LogP contribution in [0.25, 0.3) is 0 Å². The standard InChI is InChI=1S/C18H38O2/c1-9-11-13-19-17(7,15(3)4)18(8,16(5)6)20-14-12-10-2/h15-16H,9-14H2,1-8H3. The third-order valence-corrected chi connectivity index (χ3v) is 4.99. The van der Waals surface area contributed by atoms with Crippen LogP contribution in [0.1, 0.15) is 81.1 Å². The van der Waals surface area contributed by atoms with Crippen LogP contribution in [0.15, 0.2) is 0 Å². The van der Waals surface area contributed by atoms with Gasteiger partial charge in [-0.25, -0.2) is 0 Å². The summed E-state index contributed by atoms with van der Waals surface area (Å²) in [6, 6.07) is 0. The van der Waals surface area contributed by atoms with Gasteiger partial charge in [-0.15, -0.1) is 0 Å². The van der Waals surface area contributed by atoms with Crippen LogP contribution in [-0.2, 0) is 9.47 Å². The summed E-state index contributed by atoms with van der Waals surface area (Å²) in [7, 11) is 0. The molecule has 122 valence electrons. The second kappa shape index (κ2) is 9.04. The van der Waals surface area contributed by atoms with E-state index in [1.165, 1.54) is 12.8 Å². The first kappa shape index (κ1) is 19.9. The molecule has 0 bridgehead atoms. The monoisotopic (exact) mass is 286 g/mol. The molecule has 0 aliphatic rings. The van der Waals surface area contributed by atoms with E-state index in [4.69, 9.17) is 9.47 Å². The van der Waals surface area contributed by atoms with Gasteiger partial charge in [-0.3, -0.25) is 0 Å². The Morgan fingerprint density at radius 1 is 0.700 bits per heavy atom. The van der Waals surface area contributed by atoms with E-state index in [0.717, 1.165) is 26.1 Å². The second-order valence-corrected chi connectivity index (χ2v) is 6.93. The SMILES string of the molecule is CCCCOC(C)(C(C)C)C(C)(OCCCC)C(C)C. The van der Waals surface area contributed by atoms with Crippen molar-refractivity contribution >= 4 is 0 Å². The highest BCUT2D eigenvalue weighted by molar-refractivity contribution is 5.01. The Balaban J connectivity index is 5.10. The fourth-order valence-corrected chi connectivity index (χ4v) is 2.62. The van der Waals surface area contributed by atoms with Gasteiger partial charge < -0.3 is 9.47 Å². The van der Waals surface area contributed by atoms with E-state index in [-0.39, 0.29) is 11.2 Å². The minimum Gasteiger partial charge on any atom is -0.372 e. The molecule has 2 nitrogen and oxygen atoms in total. The maximum Gasteiger partial charge on any atom is 0.0965 e. The summed E-state index contributed by atoms with van der Waals surface area (Å²) in [5, 5.41) is 0. The van der Waals surface area contributed by atoms with E-state index in [1.54, 1.807) is 0 Å². The van der Waals surface area contributed by atoms with Crippen molar-refractivity contribution in [2.75, 3.05) is 13.2 Å². The molecule has 2 atom stereocenters. The predicted octanol–water partition coefficient (Wildman–Crippen LogP) is 5.45. The Bertz CT molecular complexity index is 224. The van der Waals surface area contributed by atoms with Gasteiger partial charge in [-0.1, -0.05) is 54.4 Å². The number of unbranched alkanes of at least 4 members (excludes halogenated alkanes) is 2. The average Bonchev–Trinajstić information content (AvgIpc) is 2.38. The molecule has 0 aromatic rings. The molecule has 0 saturated carbocycles. The highest BCUT2D eigenvalue weighted by Gasteiger charge is 2.50. The molecule has 0 radical (unpaired) electrons. The van der Waals surface area contributed by atoms with E-state index in [2.05, 4.69) is 55.4 Å². The molecule has 0 aliphatic carbocycles. The van der Waals surface area contributed by atoms with Gasteiger partial charge in [0.25, 0.3) is 0 Å². The lowest BCUT2D eigenvalue weighted by atomic mass is 9.71. The van der Waals surface area contributed by atoms with Crippen LogP contribution in [0.3, 0.4) is 0 Å². The van der Waals surface area contributed by atoms with Crippen molar-refractivity contribution < 1.29 is 9.47 Å². The van der Waals surface area contributed by atoms with E-state index in [0.29, 0.717) is 11.8 Å². The van der Waals surface area contributed by atoms with Crippen LogP contribution in [-0.4, -0.2) is 24.4 Å². The summed E-state index contributed by atoms with van der Waals surface area (Å²) in [4.78, 5) is 0. The zero-order chi connectivity index (χ0) is 15.8. The molecule has 0 rings (SSSR count). The van der Waals surface area contributed by atoms with Gasteiger partial charge in [0.05, 0.1) is 11.2 Å². The van der Waals surface area contributed by atoms with Gasteiger partial charge in [0, 0.05) is 13.2 Å². The quantitative estimate of drug-likeness (QED) is 0.470. The average molecular weight is 286 g/mol. The first-order valence-corrected chi connectivity index (χ1v) is 8.54. The molecule has 20 heavy (non-hydrogen) atoms. The van der Waals surface area contributed by atoms with Crippen LogP contribution in [0.5, 0.6) is 0 Å². The van der Waals surface area contributed by atoms with Gasteiger partial charge >= 0.3 is 0 Å². The molecule has 0 aliphatic heterocycles. The van der Waals surface area contributed by atoms with E-state index < -0.39 is 0 Å². The number of ether oxygens (including phenoxy) is 2. The topological polar surface area (TPSA) is 18.5 Å². The zero-order valence-corrected chi connectivity index (χ0v) is 15.2. The molecule has 0 spiro atoms. The lowest BCUT2D eigenvalue weighted by molar-refractivity contribution is -0.231. The molecule has 0 N–H and O–H groups in total. The van der Waals surface area contributed by atoms with Crippen molar-refractivity contribution in [1.29, 1.82) is 0 Å². The van der Waals surface area contributed by atoms with Crippen LogP contribution in [0, 0.1) is 11.8 Å². The molecule has 0 aromatic heterocycles. The normalized spacial score (nSPS) is 18.3. The third-order valence-electron chi connectivity index (χ3n) is 4.99. The zero-order valence-electron chi connectivity index (χ0n) is 15.2. The summed E-state index contributed by atoms with van der Waals surface area (Å²) in [5.74, 6) is 0.849. The smallest absolute Gasteiger partial charge is 0.0965 e. The molecular weight excluding hydrogens is 248 g/mol. The fraction of sp³-hybridized carbons (Fsp3) is 1.00. The largest absolute Gasteiger partial charge is 0.372 e. The summed E-state index contributed by atoms with van der Waals surface area (Å²) in [5.41, 5.74) is -0.492. The highest BCUT2D eigenvalue weighted by Crippen LogP contribution is 2.41. The van der Waals surface area contributed by atoms with E-state index >= 15 is 0 Å². The summed E-state index contributed by atoms with van der Waals surface area (Å²) in [6.45, 7) is 19.5. The summed E-state index contributed by atoms with van der Waals surface area (Å²) >= 11 is 0. The van der Waals surface area contributed by atoms with Crippen LogP contribution < -0.4 is 0 Å². The maximum absolute atomic E-state index is 6.36. The Morgan fingerprint density at radius 2 is 1.00 bits per heavy atom. The van der Waals surface area contributed by atoms with Crippen molar-refractivity contribution in [3.8, 4) is 0 Å². The lowest BCUT2D eigenvalue weighted by Crippen LogP contribution is -2.60. The van der Waals surface area contributed by atoms with Crippen molar-refractivity contribution in [3.63, 3.8) is 0 Å². The van der Waals surface area contributed by atoms with Gasteiger partial charge in [0.15, 0.2) is 0 Å². The number of hydrogen-bond acceptors (Lipinski definition) is 2. The lowest BCUT2D eigenvalue weighted by Gasteiger charge is -2.51. The van der Waals surface area contributed by atoms with Crippen molar-refractivity contribution in [1.82, 2.24) is 0 Å². The van der Waals surface area contributed by atoms with Gasteiger partial charge in [0.1, 0.15) is 0 Å². The van der Waals surface area contributed by atoms with Crippen LogP contribution in [0.4, 0.5) is 0 Å². The third kappa shape index (κ3) is 4.73. The van der Waals surface area contributed by atoms with Gasteiger partial charge in [0.2, 0.25) is 0 Å². The molecular formula is C18H38O2. The molecule has 0 amide bonds. The second-order valence-electron chi connectivity index (χ2n) is 6.93. The van der Waals surface area contributed by atoms with Crippen molar-refractivity contribution in [2.45, 2.75) is 92.3 Å². The van der Waals surface area contributed by atoms with Crippen molar-refractivity contribution in [2.24, 2.45) is 11.8 Å². The highest BCUT2D eigenvalue weighted by atomic mass is 16.6. The van der Waals surface area contributed by atoms with Crippen LogP contribution in [0.2, 0.25) is 0 Å². The van der Waals surface area contributed by atoms with E-state index in [1.807, 2.05) is 0 Å². The summed E-state index contributed by atoms with van der Waals surface area (Å²) in [6.07, 6.45) is 4.57. The maximum atomic E-state index is 6.36. The summed E-state index contributed by atoms with van der Waals surface area (Å²) < 4.78 is 12.7. The molecule has 0 saturated heterocycles. The fourth-order valence-electron chi connectivity index (χ4n) is 2.62. The predicted molar refractivity (Wildman–Crippen MR) is 88.2 cm³/mol. The molecule has 0 aromatic carbocycles. The minimum atomic E-state index is -0.246. The minimum absolute atomic E-state index is 0.246. The van der Waals surface area contributed by atoms with Gasteiger partial charge in [-0.2, -0.15) is 0 Å². The first-order valence-electron chi connectivity index (χ1n) is 8.54. The van der Waals surface area contributed by atoms with Gasteiger partial charge in [-0.05, 0) is 38.5 Å². The first-order chi connectivity index (χ1) is 9.26.